The molecule has 4 aromatic rings. The molecule has 5 nitrogen and oxygen atoms in total. The van der Waals surface area contributed by atoms with E-state index in [0.29, 0.717) is 22.2 Å². The van der Waals surface area contributed by atoms with Crippen LogP contribution in [0.15, 0.2) is 59.2 Å². The molecule has 4 rings (SSSR count). The molecule has 0 fully saturated rings. The molecule has 0 unspecified atom stereocenters. The van der Waals surface area contributed by atoms with Crippen LogP contribution in [0.5, 0.6) is 0 Å². The van der Waals surface area contributed by atoms with E-state index < -0.39 is 0 Å². The maximum absolute atomic E-state index is 12.3. The summed E-state index contributed by atoms with van der Waals surface area (Å²) in [7, 11) is 0. The number of hydrogen-bond donors (Lipinski definition) is 1. The van der Waals surface area contributed by atoms with E-state index in [1.54, 1.807) is 18.2 Å². The first-order chi connectivity index (χ1) is 12.2. The molecule has 25 heavy (non-hydrogen) atoms. The summed E-state index contributed by atoms with van der Waals surface area (Å²) in [5, 5.41) is 3.28. The number of carbonyl (C=O) groups excluding carboxylic acids is 2. The van der Waals surface area contributed by atoms with Crippen molar-refractivity contribution in [3.05, 3.63) is 75.3 Å². The van der Waals surface area contributed by atoms with Gasteiger partial charge in [0.15, 0.2) is 10.8 Å². The van der Waals surface area contributed by atoms with Gasteiger partial charge in [-0.2, -0.15) is 0 Å². The van der Waals surface area contributed by atoms with Crippen LogP contribution in [0.2, 0.25) is 0 Å². The van der Waals surface area contributed by atoms with Crippen molar-refractivity contribution < 1.29 is 14.0 Å². The van der Waals surface area contributed by atoms with Crippen molar-refractivity contribution >= 4 is 44.6 Å². The van der Waals surface area contributed by atoms with Gasteiger partial charge in [-0.05, 0) is 36.4 Å². The van der Waals surface area contributed by atoms with Gasteiger partial charge in [0.2, 0.25) is 5.78 Å². The lowest BCUT2D eigenvalue weighted by molar-refractivity contribution is 0.0950. The van der Waals surface area contributed by atoms with Crippen molar-refractivity contribution in [1.82, 2.24) is 10.3 Å². The summed E-state index contributed by atoms with van der Waals surface area (Å²) in [6.45, 7) is 0.352. The number of aromatic nitrogens is 1. The monoisotopic (exact) mass is 368 g/mol. The minimum atomic E-state index is -0.214. The molecule has 7 heteroatoms. The predicted molar refractivity (Wildman–Crippen MR) is 97.2 cm³/mol. The van der Waals surface area contributed by atoms with Crippen molar-refractivity contribution in [2.24, 2.45) is 0 Å². The van der Waals surface area contributed by atoms with E-state index in [-0.39, 0.29) is 11.7 Å². The van der Waals surface area contributed by atoms with Crippen LogP contribution in [0.4, 0.5) is 0 Å². The van der Waals surface area contributed by atoms with E-state index >= 15 is 0 Å². The molecule has 1 amide bonds. The fraction of sp³-hybridized carbons (Fsp3) is 0.0556. The Kier molecular flexibility index (Phi) is 4.17. The molecule has 1 aromatic carbocycles. The fourth-order valence-corrected chi connectivity index (χ4v) is 4.11. The largest absolute Gasteiger partial charge is 0.461 e. The second-order valence-corrected chi connectivity index (χ2v) is 7.44. The molecule has 0 aliphatic rings. The summed E-state index contributed by atoms with van der Waals surface area (Å²) in [6.07, 6.45) is 1.47. The molecule has 1 N–H and O–H groups in total. The maximum Gasteiger partial charge on any atom is 0.280 e. The number of rotatable bonds is 5. The van der Waals surface area contributed by atoms with Crippen LogP contribution in [-0.2, 0) is 6.54 Å². The molecule has 124 valence electrons. The number of amides is 1. The number of fused-ring (bicyclic) bond motifs is 1. The molecule has 3 heterocycles. The van der Waals surface area contributed by atoms with Crippen molar-refractivity contribution in [3.8, 4) is 0 Å². The smallest absolute Gasteiger partial charge is 0.280 e. The number of thiazole rings is 1. The maximum atomic E-state index is 12.3. The number of hydrogen-bond acceptors (Lipinski definition) is 6. The Bertz CT molecular complexity index is 1010. The third kappa shape index (κ3) is 3.24. The highest BCUT2D eigenvalue weighted by Crippen LogP contribution is 2.23. The van der Waals surface area contributed by atoms with E-state index in [0.717, 1.165) is 15.1 Å². The van der Waals surface area contributed by atoms with Gasteiger partial charge in [-0.15, -0.1) is 22.7 Å². The van der Waals surface area contributed by atoms with Gasteiger partial charge < -0.3 is 9.73 Å². The Morgan fingerprint density at radius 2 is 1.92 bits per heavy atom. The molecule has 0 bridgehead atoms. The van der Waals surface area contributed by atoms with E-state index in [2.05, 4.69) is 10.3 Å². The fourth-order valence-electron chi connectivity index (χ4n) is 2.34. The number of ketones is 1. The van der Waals surface area contributed by atoms with Crippen molar-refractivity contribution in [2.75, 3.05) is 0 Å². The second-order valence-electron chi connectivity index (χ2n) is 5.24. The molecule has 0 spiro atoms. The molecule has 0 saturated carbocycles. The molecule has 0 aliphatic carbocycles. The van der Waals surface area contributed by atoms with Gasteiger partial charge in [-0.3, -0.25) is 9.59 Å². The van der Waals surface area contributed by atoms with E-state index in [1.807, 2.05) is 30.3 Å². The summed E-state index contributed by atoms with van der Waals surface area (Å²) in [6, 6.07) is 14.5. The number of benzene rings is 1. The molecule has 0 atom stereocenters. The summed E-state index contributed by atoms with van der Waals surface area (Å²) in [5.41, 5.74) is 0.820. The minimum Gasteiger partial charge on any atom is -0.461 e. The summed E-state index contributed by atoms with van der Waals surface area (Å²) >= 11 is 2.70. The Hall–Kier alpha value is -2.77. The van der Waals surface area contributed by atoms with Crippen LogP contribution in [0, 0.1) is 0 Å². The standard InChI is InChI=1S/C18H12N2O3S2/c21-16(13-5-3-9-23-13)15-8-7-11(24-15)10-19-17(22)18-20-12-4-1-2-6-14(12)25-18/h1-9H,10H2,(H,19,22). The van der Waals surface area contributed by atoms with E-state index in [1.165, 1.54) is 28.9 Å². The van der Waals surface area contributed by atoms with Gasteiger partial charge in [0, 0.05) is 4.88 Å². The first-order valence-corrected chi connectivity index (χ1v) is 9.15. The highest BCUT2D eigenvalue weighted by molar-refractivity contribution is 7.20. The van der Waals surface area contributed by atoms with E-state index in [4.69, 9.17) is 4.42 Å². The highest BCUT2D eigenvalue weighted by atomic mass is 32.1. The molecule has 0 saturated heterocycles. The minimum absolute atomic E-state index is 0.154. The van der Waals surface area contributed by atoms with Crippen LogP contribution in [0.1, 0.15) is 30.1 Å². The Labute approximate surface area is 150 Å². The first-order valence-electron chi connectivity index (χ1n) is 7.51. The lowest BCUT2D eigenvalue weighted by Gasteiger charge is -1.99. The topological polar surface area (TPSA) is 72.2 Å². The number of thiophene rings is 1. The zero-order chi connectivity index (χ0) is 17.2. The first kappa shape index (κ1) is 15.7. The quantitative estimate of drug-likeness (QED) is 0.538. The molecule has 0 radical (unpaired) electrons. The summed E-state index contributed by atoms with van der Waals surface area (Å²) in [4.78, 5) is 30.3. The lowest BCUT2D eigenvalue weighted by Crippen LogP contribution is -2.22. The van der Waals surface area contributed by atoms with Crippen molar-refractivity contribution in [2.45, 2.75) is 6.54 Å². The van der Waals surface area contributed by atoms with Crippen molar-refractivity contribution in [1.29, 1.82) is 0 Å². The number of carbonyl (C=O) groups is 2. The van der Waals surface area contributed by atoms with Gasteiger partial charge in [0.1, 0.15) is 0 Å². The molecular formula is C18H12N2O3S2. The average molecular weight is 368 g/mol. The Morgan fingerprint density at radius 3 is 2.72 bits per heavy atom. The number of para-hydroxylation sites is 1. The Balaban J connectivity index is 1.43. The normalized spacial score (nSPS) is 10.9. The van der Waals surface area contributed by atoms with E-state index in [9.17, 15) is 9.59 Å². The van der Waals surface area contributed by atoms with Gasteiger partial charge in [0.25, 0.3) is 5.91 Å². The van der Waals surface area contributed by atoms with Gasteiger partial charge in [-0.25, -0.2) is 4.98 Å². The second kappa shape index (κ2) is 6.62. The number of furan rings is 1. The van der Waals surface area contributed by atoms with Crippen LogP contribution in [0.3, 0.4) is 0 Å². The van der Waals surface area contributed by atoms with Crippen LogP contribution in [-0.4, -0.2) is 16.7 Å². The molecule has 0 aliphatic heterocycles. The zero-order valence-corrected chi connectivity index (χ0v) is 14.5. The zero-order valence-electron chi connectivity index (χ0n) is 12.9. The van der Waals surface area contributed by atoms with Gasteiger partial charge in [0.05, 0.1) is 27.9 Å². The highest BCUT2D eigenvalue weighted by Gasteiger charge is 2.16. The Morgan fingerprint density at radius 1 is 1.04 bits per heavy atom. The summed E-state index contributed by atoms with van der Waals surface area (Å²) in [5.74, 6) is -0.0563. The predicted octanol–water partition coefficient (Wildman–Crippen LogP) is 4.11. The summed E-state index contributed by atoms with van der Waals surface area (Å²) < 4.78 is 6.11. The third-order valence-corrected chi connectivity index (χ3v) is 5.66. The number of nitrogens with zero attached hydrogens (tertiary/aromatic N) is 1. The van der Waals surface area contributed by atoms with Crippen LogP contribution >= 0.6 is 22.7 Å². The average Bonchev–Trinajstić information content (AvgIpc) is 3.39. The van der Waals surface area contributed by atoms with Gasteiger partial charge in [-0.1, -0.05) is 12.1 Å². The van der Waals surface area contributed by atoms with Gasteiger partial charge >= 0.3 is 0 Å². The third-order valence-electron chi connectivity index (χ3n) is 3.54. The molecular weight excluding hydrogens is 356 g/mol. The SMILES string of the molecule is O=C(c1ccco1)c1ccc(CNC(=O)c2nc3ccccc3s2)s1. The lowest BCUT2D eigenvalue weighted by atomic mass is 10.2. The number of nitrogens with one attached hydrogen (secondary N) is 1. The van der Waals surface area contributed by atoms with Crippen LogP contribution in [0.25, 0.3) is 10.2 Å². The van der Waals surface area contributed by atoms with Crippen molar-refractivity contribution in [3.63, 3.8) is 0 Å². The molecule has 3 aromatic heterocycles. The van der Waals surface area contributed by atoms with Crippen LogP contribution < -0.4 is 5.32 Å².